The molecule has 0 aromatic heterocycles. The number of likely N-dealkylation sites (N-methyl/N-ethyl adjacent to an activating group) is 1. The average Bonchev–Trinajstić information content (AvgIpc) is 1.82. The second-order valence-electron chi connectivity index (χ2n) is 4.38. The van der Waals surface area contributed by atoms with E-state index in [-0.39, 0.29) is 6.04 Å². The first-order chi connectivity index (χ1) is 5.59. The Kier molecular flexibility index (Phi) is 3.90. The van der Waals surface area contributed by atoms with Gasteiger partial charge in [0.2, 0.25) is 10.0 Å². The Hall–Kier alpha value is -0.130. The Morgan fingerprint density at radius 2 is 1.77 bits per heavy atom. The van der Waals surface area contributed by atoms with Crippen molar-refractivity contribution in [3.8, 4) is 0 Å². The van der Waals surface area contributed by atoms with Crippen molar-refractivity contribution in [1.29, 1.82) is 0 Å². The third kappa shape index (κ3) is 3.25. The average molecular weight is 208 g/mol. The fraction of sp³-hybridized carbons (Fsp3) is 1.00. The third-order valence-corrected chi connectivity index (χ3v) is 4.25. The summed E-state index contributed by atoms with van der Waals surface area (Å²) in [5, 5.41) is 0. The van der Waals surface area contributed by atoms with Gasteiger partial charge in [-0.05, 0) is 27.7 Å². The minimum Gasteiger partial charge on any atom is -0.327 e. The van der Waals surface area contributed by atoms with Crippen LogP contribution < -0.4 is 5.73 Å². The molecule has 0 aliphatic rings. The molecule has 5 heteroatoms. The molecule has 0 bridgehead atoms. The normalized spacial score (nSPS) is 16.2. The van der Waals surface area contributed by atoms with E-state index < -0.39 is 14.8 Å². The molecule has 0 aliphatic heterocycles. The minimum absolute atomic E-state index is 0.137. The summed E-state index contributed by atoms with van der Waals surface area (Å²) in [6.07, 6.45) is 0. The molecule has 0 amide bonds. The lowest BCUT2D eigenvalue weighted by Gasteiger charge is -2.27. The standard InChI is InChI=1S/C8H20N2O2S/c1-7(9)6-10(5)13(11,12)8(2,3)4/h7H,6,9H2,1-5H3. The molecule has 0 heterocycles. The van der Waals surface area contributed by atoms with Crippen LogP contribution in [0, 0.1) is 0 Å². The number of hydrogen-bond donors (Lipinski definition) is 1. The van der Waals surface area contributed by atoms with Gasteiger partial charge in [-0.1, -0.05) is 0 Å². The van der Waals surface area contributed by atoms with Gasteiger partial charge >= 0.3 is 0 Å². The first kappa shape index (κ1) is 12.9. The molecule has 4 nitrogen and oxygen atoms in total. The maximum Gasteiger partial charge on any atom is 0.218 e. The van der Waals surface area contributed by atoms with Gasteiger partial charge in [-0.3, -0.25) is 0 Å². The largest absolute Gasteiger partial charge is 0.327 e. The first-order valence-corrected chi connectivity index (χ1v) is 5.74. The maximum absolute atomic E-state index is 11.8. The SMILES string of the molecule is CC(N)CN(C)S(=O)(=O)C(C)(C)C. The van der Waals surface area contributed by atoms with Gasteiger partial charge in [-0.25, -0.2) is 12.7 Å². The molecule has 0 saturated carbocycles. The second-order valence-corrected chi connectivity index (χ2v) is 7.17. The predicted octanol–water partition coefficient (Wildman–Crippen LogP) is 0.394. The van der Waals surface area contributed by atoms with Gasteiger partial charge in [-0.2, -0.15) is 0 Å². The van der Waals surface area contributed by atoms with Gasteiger partial charge in [0, 0.05) is 19.6 Å². The van der Waals surface area contributed by atoms with Crippen LogP contribution in [0.15, 0.2) is 0 Å². The number of hydrogen-bond acceptors (Lipinski definition) is 3. The highest BCUT2D eigenvalue weighted by Gasteiger charge is 2.33. The zero-order chi connectivity index (χ0) is 10.9. The molecule has 0 radical (unpaired) electrons. The molecule has 2 N–H and O–H groups in total. The van der Waals surface area contributed by atoms with Crippen molar-refractivity contribution >= 4 is 10.0 Å². The summed E-state index contributed by atoms with van der Waals surface area (Å²) in [5.41, 5.74) is 5.53. The van der Waals surface area contributed by atoms with Crippen LogP contribution in [-0.2, 0) is 10.0 Å². The highest BCUT2D eigenvalue weighted by molar-refractivity contribution is 7.90. The van der Waals surface area contributed by atoms with E-state index in [1.54, 1.807) is 34.7 Å². The first-order valence-electron chi connectivity index (χ1n) is 4.30. The van der Waals surface area contributed by atoms with Crippen LogP contribution in [0.2, 0.25) is 0 Å². The molecule has 0 spiro atoms. The van der Waals surface area contributed by atoms with Crippen molar-refractivity contribution in [2.24, 2.45) is 5.73 Å². The van der Waals surface area contributed by atoms with E-state index >= 15 is 0 Å². The second kappa shape index (κ2) is 3.94. The summed E-state index contributed by atoms with van der Waals surface area (Å²) in [4.78, 5) is 0. The van der Waals surface area contributed by atoms with E-state index in [9.17, 15) is 8.42 Å². The highest BCUT2D eigenvalue weighted by Crippen LogP contribution is 2.18. The van der Waals surface area contributed by atoms with Gasteiger partial charge < -0.3 is 5.73 Å². The zero-order valence-electron chi connectivity index (χ0n) is 9.03. The van der Waals surface area contributed by atoms with Crippen molar-refractivity contribution in [3.63, 3.8) is 0 Å². The summed E-state index contributed by atoms with van der Waals surface area (Å²) in [5.74, 6) is 0. The fourth-order valence-corrected chi connectivity index (χ4v) is 2.34. The zero-order valence-corrected chi connectivity index (χ0v) is 9.85. The number of nitrogens with two attached hydrogens (primary N) is 1. The Morgan fingerprint density at radius 1 is 1.38 bits per heavy atom. The van der Waals surface area contributed by atoms with Crippen LogP contribution in [0.1, 0.15) is 27.7 Å². The van der Waals surface area contributed by atoms with E-state index in [0.29, 0.717) is 6.54 Å². The Morgan fingerprint density at radius 3 is 2.00 bits per heavy atom. The fourth-order valence-electron chi connectivity index (χ4n) is 0.971. The van der Waals surface area contributed by atoms with E-state index in [4.69, 9.17) is 5.73 Å². The molecule has 0 saturated heterocycles. The molecular formula is C8H20N2O2S. The molecule has 0 fully saturated rings. The summed E-state index contributed by atoms with van der Waals surface area (Å²) < 4.78 is 24.1. The highest BCUT2D eigenvalue weighted by atomic mass is 32.2. The number of sulfonamides is 1. The molecule has 1 unspecified atom stereocenters. The Bertz CT molecular complexity index is 252. The minimum atomic E-state index is -3.22. The van der Waals surface area contributed by atoms with Crippen molar-refractivity contribution < 1.29 is 8.42 Å². The molecule has 0 rings (SSSR count). The summed E-state index contributed by atoms with van der Waals surface area (Å²) >= 11 is 0. The van der Waals surface area contributed by atoms with E-state index in [1.165, 1.54) is 4.31 Å². The monoisotopic (exact) mass is 208 g/mol. The van der Waals surface area contributed by atoms with Crippen LogP contribution in [-0.4, -0.2) is 37.1 Å². The van der Waals surface area contributed by atoms with Gasteiger partial charge in [0.15, 0.2) is 0 Å². The number of nitrogens with zero attached hydrogens (tertiary/aromatic N) is 1. The lowest BCUT2D eigenvalue weighted by Crippen LogP contribution is -2.44. The molecular weight excluding hydrogens is 188 g/mol. The summed E-state index contributed by atoms with van der Waals surface area (Å²) in [6, 6.07) is -0.137. The van der Waals surface area contributed by atoms with E-state index in [1.807, 2.05) is 0 Å². The van der Waals surface area contributed by atoms with Crippen molar-refractivity contribution in [2.75, 3.05) is 13.6 Å². The van der Waals surface area contributed by atoms with Crippen LogP contribution in [0.25, 0.3) is 0 Å². The number of rotatable bonds is 3. The summed E-state index contributed by atoms with van der Waals surface area (Å²) in [6.45, 7) is 7.19. The van der Waals surface area contributed by atoms with Crippen LogP contribution in [0.5, 0.6) is 0 Å². The van der Waals surface area contributed by atoms with Gasteiger partial charge in [0.1, 0.15) is 0 Å². The lowest BCUT2D eigenvalue weighted by atomic mass is 10.3. The van der Waals surface area contributed by atoms with E-state index in [2.05, 4.69) is 0 Å². The third-order valence-electron chi connectivity index (χ3n) is 1.73. The topological polar surface area (TPSA) is 63.4 Å². The summed E-state index contributed by atoms with van der Waals surface area (Å²) in [7, 11) is -1.66. The van der Waals surface area contributed by atoms with Crippen molar-refractivity contribution in [2.45, 2.75) is 38.5 Å². The van der Waals surface area contributed by atoms with Crippen molar-refractivity contribution in [1.82, 2.24) is 4.31 Å². The molecule has 0 aromatic carbocycles. The molecule has 80 valence electrons. The Balaban J connectivity index is 4.67. The quantitative estimate of drug-likeness (QED) is 0.730. The van der Waals surface area contributed by atoms with Crippen LogP contribution >= 0.6 is 0 Å². The smallest absolute Gasteiger partial charge is 0.218 e. The van der Waals surface area contributed by atoms with Gasteiger partial charge in [0.25, 0.3) is 0 Å². The van der Waals surface area contributed by atoms with Gasteiger partial charge in [-0.15, -0.1) is 0 Å². The molecule has 0 aromatic rings. The predicted molar refractivity (Wildman–Crippen MR) is 55.0 cm³/mol. The molecule has 0 aliphatic carbocycles. The van der Waals surface area contributed by atoms with Crippen LogP contribution in [0.3, 0.4) is 0 Å². The Labute approximate surface area is 81.2 Å². The lowest BCUT2D eigenvalue weighted by molar-refractivity contribution is 0.425. The molecule has 13 heavy (non-hydrogen) atoms. The van der Waals surface area contributed by atoms with Crippen molar-refractivity contribution in [3.05, 3.63) is 0 Å². The van der Waals surface area contributed by atoms with Crippen LogP contribution in [0.4, 0.5) is 0 Å². The molecule has 1 atom stereocenters. The van der Waals surface area contributed by atoms with E-state index in [0.717, 1.165) is 0 Å². The van der Waals surface area contributed by atoms with Gasteiger partial charge in [0.05, 0.1) is 4.75 Å². The maximum atomic E-state index is 11.8.